The van der Waals surface area contributed by atoms with Gasteiger partial charge in [0.2, 0.25) is 0 Å². The van der Waals surface area contributed by atoms with Gasteiger partial charge in [-0.05, 0) is 35.1 Å². The third kappa shape index (κ3) is 4.43. The molecule has 106 valence electrons. The van der Waals surface area contributed by atoms with E-state index in [-0.39, 0.29) is 12.2 Å². The van der Waals surface area contributed by atoms with Gasteiger partial charge < -0.3 is 0 Å². The Bertz CT molecular complexity index is 439. The molecule has 20 heavy (non-hydrogen) atoms. The molecule has 0 amide bonds. The van der Waals surface area contributed by atoms with Crippen LogP contribution in [0.25, 0.3) is 0 Å². The van der Waals surface area contributed by atoms with E-state index in [1.807, 2.05) is 74.5 Å². The van der Waals surface area contributed by atoms with Gasteiger partial charge in [0.05, 0.1) is 0 Å². The molecule has 2 aromatic carbocycles. The number of hydrogen-bond donors (Lipinski definition) is 0. The Balaban J connectivity index is 1.69. The maximum absolute atomic E-state index is 5.07. The van der Waals surface area contributed by atoms with Gasteiger partial charge in [-0.1, -0.05) is 60.7 Å². The van der Waals surface area contributed by atoms with Crippen molar-refractivity contribution in [3.8, 4) is 0 Å². The molecule has 0 spiro atoms. The summed E-state index contributed by atoms with van der Waals surface area (Å²) in [5.41, 5.74) is 1.99. The summed E-state index contributed by atoms with van der Waals surface area (Å²) in [6.07, 6.45) is -0.487. The van der Waals surface area contributed by atoms with Gasteiger partial charge in [0.15, 0.2) is 0 Å². The Morgan fingerprint density at radius 1 is 0.600 bits per heavy atom. The molecule has 4 nitrogen and oxygen atoms in total. The lowest BCUT2D eigenvalue weighted by atomic mass is 10.1. The summed E-state index contributed by atoms with van der Waals surface area (Å²) in [7, 11) is 0. The standard InChI is InChI=1S/C16H18O4/c1-13(15-9-5-3-6-10-15)17-19-20-18-14(2)16-11-7-4-8-12-16/h3-14H,1-2H3. The lowest BCUT2D eigenvalue weighted by Gasteiger charge is -2.13. The van der Waals surface area contributed by atoms with Crippen LogP contribution in [0.5, 0.6) is 0 Å². The summed E-state index contributed by atoms with van der Waals surface area (Å²) in [5, 5.41) is 9.24. The van der Waals surface area contributed by atoms with Gasteiger partial charge in [0.25, 0.3) is 0 Å². The molecule has 2 rings (SSSR count). The molecule has 0 fully saturated rings. The van der Waals surface area contributed by atoms with Crippen LogP contribution in [0, 0.1) is 0 Å². The van der Waals surface area contributed by atoms with Crippen LogP contribution < -0.4 is 0 Å². The Labute approximate surface area is 118 Å². The Hall–Kier alpha value is -1.72. The van der Waals surface area contributed by atoms with E-state index in [4.69, 9.17) is 9.78 Å². The van der Waals surface area contributed by atoms with Crippen LogP contribution in [0.2, 0.25) is 0 Å². The minimum absolute atomic E-state index is 0.244. The summed E-state index contributed by atoms with van der Waals surface area (Å²) < 4.78 is 0. The van der Waals surface area contributed by atoms with E-state index >= 15 is 0 Å². The van der Waals surface area contributed by atoms with E-state index in [9.17, 15) is 0 Å². The van der Waals surface area contributed by atoms with Gasteiger partial charge in [-0.3, -0.25) is 0 Å². The molecular weight excluding hydrogens is 256 g/mol. The highest BCUT2D eigenvalue weighted by Gasteiger charge is 2.09. The summed E-state index contributed by atoms with van der Waals surface area (Å²) in [5.74, 6) is 0. The zero-order valence-corrected chi connectivity index (χ0v) is 11.6. The molecule has 0 bridgehead atoms. The highest BCUT2D eigenvalue weighted by molar-refractivity contribution is 5.17. The van der Waals surface area contributed by atoms with Crippen LogP contribution in [-0.4, -0.2) is 0 Å². The molecule has 0 saturated carbocycles. The largest absolute Gasteiger partial charge is 0.196 e. The fourth-order valence-corrected chi connectivity index (χ4v) is 1.71. The van der Waals surface area contributed by atoms with Crippen LogP contribution >= 0.6 is 0 Å². The number of benzene rings is 2. The lowest BCUT2D eigenvalue weighted by molar-refractivity contribution is -0.650. The highest BCUT2D eigenvalue weighted by atomic mass is 17.7. The molecule has 0 N–H and O–H groups in total. The molecule has 2 unspecified atom stereocenters. The summed E-state index contributed by atoms with van der Waals surface area (Å²) in [6, 6.07) is 19.4. The van der Waals surface area contributed by atoms with E-state index in [1.54, 1.807) is 0 Å². The molecule has 0 aliphatic heterocycles. The zero-order valence-electron chi connectivity index (χ0n) is 11.6. The predicted molar refractivity (Wildman–Crippen MR) is 74.1 cm³/mol. The Morgan fingerprint density at radius 2 is 0.950 bits per heavy atom. The molecular formula is C16H18O4. The van der Waals surface area contributed by atoms with Crippen molar-refractivity contribution in [3.63, 3.8) is 0 Å². The smallest absolute Gasteiger partial charge is 0.118 e. The van der Waals surface area contributed by atoms with Crippen LogP contribution in [0.4, 0.5) is 0 Å². The Kier molecular flexibility index (Phi) is 5.70. The van der Waals surface area contributed by atoms with E-state index < -0.39 is 0 Å². The minimum atomic E-state index is -0.244. The first-order valence-corrected chi connectivity index (χ1v) is 6.52. The fourth-order valence-electron chi connectivity index (χ4n) is 1.71. The third-order valence-electron chi connectivity index (χ3n) is 2.93. The molecule has 0 heterocycles. The third-order valence-corrected chi connectivity index (χ3v) is 2.93. The maximum Gasteiger partial charge on any atom is 0.118 e. The summed E-state index contributed by atoms with van der Waals surface area (Å²) in [6.45, 7) is 3.72. The highest BCUT2D eigenvalue weighted by Crippen LogP contribution is 2.19. The van der Waals surface area contributed by atoms with Crippen LogP contribution in [0.1, 0.15) is 37.2 Å². The van der Waals surface area contributed by atoms with E-state index in [0.717, 1.165) is 11.1 Å². The summed E-state index contributed by atoms with van der Waals surface area (Å²) in [4.78, 5) is 10.1. The second-order valence-electron chi connectivity index (χ2n) is 4.43. The quantitative estimate of drug-likeness (QED) is 0.428. The first kappa shape index (κ1) is 14.7. The van der Waals surface area contributed by atoms with Crippen LogP contribution in [0.3, 0.4) is 0 Å². The zero-order chi connectivity index (χ0) is 14.2. The molecule has 2 aromatic rings. The van der Waals surface area contributed by atoms with Gasteiger partial charge in [0, 0.05) is 0 Å². The maximum atomic E-state index is 5.07. The SMILES string of the molecule is CC(OOOOC(C)c1ccccc1)c1ccccc1. The number of hydrogen-bond acceptors (Lipinski definition) is 4. The summed E-state index contributed by atoms with van der Waals surface area (Å²) >= 11 is 0. The lowest BCUT2D eigenvalue weighted by Crippen LogP contribution is -2.05. The topological polar surface area (TPSA) is 36.9 Å². The van der Waals surface area contributed by atoms with Gasteiger partial charge in [-0.15, -0.1) is 0 Å². The van der Waals surface area contributed by atoms with Crippen molar-refractivity contribution in [1.29, 1.82) is 0 Å². The van der Waals surface area contributed by atoms with Crippen molar-refractivity contribution >= 4 is 0 Å². The molecule has 0 saturated heterocycles. The average Bonchev–Trinajstić information content (AvgIpc) is 2.53. The van der Waals surface area contributed by atoms with E-state index in [0.29, 0.717) is 0 Å². The van der Waals surface area contributed by atoms with Crippen molar-refractivity contribution in [2.75, 3.05) is 0 Å². The molecule has 2 atom stereocenters. The molecule has 0 aromatic heterocycles. The minimum Gasteiger partial charge on any atom is -0.196 e. The van der Waals surface area contributed by atoms with Crippen molar-refractivity contribution in [3.05, 3.63) is 71.8 Å². The number of rotatable bonds is 7. The van der Waals surface area contributed by atoms with Crippen LogP contribution in [0.15, 0.2) is 60.7 Å². The second kappa shape index (κ2) is 7.77. The first-order chi connectivity index (χ1) is 9.77. The fraction of sp³-hybridized carbons (Fsp3) is 0.250. The van der Waals surface area contributed by atoms with Crippen molar-refractivity contribution < 1.29 is 19.9 Å². The Morgan fingerprint density at radius 3 is 1.30 bits per heavy atom. The van der Waals surface area contributed by atoms with Crippen molar-refractivity contribution in [2.24, 2.45) is 0 Å². The first-order valence-electron chi connectivity index (χ1n) is 6.52. The normalized spacial score (nSPS) is 13.9. The molecule has 0 aliphatic carbocycles. The van der Waals surface area contributed by atoms with Crippen molar-refractivity contribution in [1.82, 2.24) is 0 Å². The van der Waals surface area contributed by atoms with Gasteiger partial charge >= 0.3 is 0 Å². The predicted octanol–water partition coefficient (Wildman–Crippen LogP) is 4.32. The average molecular weight is 274 g/mol. The van der Waals surface area contributed by atoms with E-state index in [2.05, 4.69) is 10.1 Å². The molecule has 0 radical (unpaired) electrons. The van der Waals surface area contributed by atoms with Gasteiger partial charge in [0.1, 0.15) is 12.2 Å². The van der Waals surface area contributed by atoms with Crippen LogP contribution in [-0.2, 0) is 19.9 Å². The monoisotopic (exact) mass is 274 g/mol. The van der Waals surface area contributed by atoms with Crippen molar-refractivity contribution in [2.45, 2.75) is 26.1 Å². The molecule has 0 aliphatic rings. The second-order valence-corrected chi connectivity index (χ2v) is 4.43. The van der Waals surface area contributed by atoms with Gasteiger partial charge in [-0.2, -0.15) is 9.78 Å². The van der Waals surface area contributed by atoms with Gasteiger partial charge in [-0.25, -0.2) is 0 Å². The molecule has 4 heteroatoms. The van der Waals surface area contributed by atoms with E-state index in [1.165, 1.54) is 0 Å².